The van der Waals surface area contributed by atoms with E-state index in [1.54, 1.807) is 0 Å². The lowest BCUT2D eigenvalue weighted by Crippen LogP contribution is -2.38. The Morgan fingerprint density at radius 2 is 2.25 bits per heavy atom. The van der Waals surface area contributed by atoms with Crippen LogP contribution in [0.1, 0.15) is 44.5 Å². The molecule has 4 nitrogen and oxygen atoms in total. The zero-order valence-electron chi connectivity index (χ0n) is 12.3. The van der Waals surface area contributed by atoms with E-state index in [2.05, 4.69) is 18.9 Å². The van der Waals surface area contributed by atoms with E-state index in [4.69, 9.17) is 22.1 Å². The van der Waals surface area contributed by atoms with Gasteiger partial charge >= 0.3 is 0 Å². The van der Waals surface area contributed by atoms with Crippen LogP contribution in [0.5, 0.6) is 0 Å². The Morgan fingerprint density at radius 3 is 2.80 bits per heavy atom. The van der Waals surface area contributed by atoms with Gasteiger partial charge in [-0.15, -0.1) is 0 Å². The summed E-state index contributed by atoms with van der Waals surface area (Å²) in [6.45, 7) is 5.02. The number of nitrogens with two attached hydrogens (primary N) is 1. The van der Waals surface area contributed by atoms with Crippen molar-refractivity contribution in [2.45, 2.75) is 70.7 Å². The highest BCUT2D eigenvalue weighted by Crippen LogP contribution is 2.40. The topological polar surface area (TPSA) is 53.1 Å². The Morgan fingerprint density at radius 1 is 1.45 bits per heavy atom. The van der Waals surface area contributed by atoms with Crippen LogP contribution in [-0.4, -0.2) is 28.0 Å². The van der Waals surface area contributed by atoms with E-state index >= 15 is 0 Å². The molecule has 1 aromatic heterocycles. The first-order chi connectivity index (χ1) is 9.63. The minimum Gasteiger partial charge on any atom is -0.375 e. The first-order valence-corrected chi connectivity index (χ1v) is 8.16. The lowest BCUT2D eigenvalue weighted by Gasteiger charge is -2.25. The minimum absolute atomic E-state index is 0.120. The molecule has 0 saturated carbocycles. The van der Waals surface area contributed by atoms with Gasteiger partial charge in [-0.3, -0.25) is 4.68 Å². The molecule has 2 aliphatic rings. The molecule has 4 unspecified atom stereocenters. The van der Waals surface area contributed by atoms with Crippen molar-refractivity contribution in [2.24, 2.45) is 11.7 Å². The first kappa shape index (κ1) is 14.4. The normalized spacial score (nSPS) is 30.1. The predicted molar refractivity (Wildman–Crippen MR) is 80.0 cm³/mol. The molecule has 2 bridgehead atoms. The maximum atomic E-state index is 6.47. The second kappa shape index (κ2) is 5.66. The van der Waals surface area contributed by atoms with E-state index < -0.39 is 0 Å². The molecule has 0 aliphatic carbocycles. The Hall–Kier alpha value is -0.580. The molecular formula is C15H24ClN3O. The molecule has 112 valence electrons. The van der Waals surface area contributed by atoms with Crippen LogP contribution < -0.4 is 5.73 Å². The number of hydrogen-bond donors (Lipinski definition) is 1. The molecule has 3 rings (SSSR count). The van der Waals surface area contributed by atoms with Gasteiger partial charge in [0.15, 0.2) is 0 Å². The van der Waals surface area contributed by atoms with Gasteiger partial charge in [-0.1, -0.05) is 18.5 Å². The Labute approximate surface area is 125 Å². The van der Waals surface area contributed by atoms with Gasteiger partial charge in [0, 0.05) is 24.9 Å². The fourth-order valence-electron chi connectivity index (χ4n) is 3.71. The van der Waals surface area contributed by atoms with E-state index in [1.165, 1.54) is 12.8 Å². The zero-order valence-corrected chi connectivity index (χ0v) is 13.1. The molecule has 1 aromatic rings. The van der Waals surface area contributed by atoms with Crippen LogP contribution in [0, 0.1) is 5.92 Å². The predicted octanol–water partition coefficient (Wildman–Crippen LogP) is 2.56. The Balaban J connectivity index is 1.75. The number of aromatic nitrogens is 2. The lowest BCUT2D eigenvalue weighted by molar-refractivity contribution is 0.0884. The van der Waals surface area contributed by atoms with E-state index in [1.807, 2.05) is 4.68 Å². The summed E-state index contributed by atoms with van der Waals surface area (Å²) in [4.78, 5) is 0. The summed E-state index contributed by atoms with van der Waals surface area (Å²) in [7, 11) is 0. The molecule has 20 heavy (non-hydrogen) atoms. The van der Waals surface area contributed by atoms with Crippen LogP contribution in [0.15, 0.2) is 0 Å². The standard InChI is InChI=1S/C15H24ClN3O/c1-3-12-15(16)13(19(4-2)18-12)8-11(17)10-7-9-5-6-14(10)20-9/h9-11,14H,3-8,17H2,1-2H3. The fourth-order valence-corrected chi connectivity index (χ4v) is 4.06. The first-order valence-electron chi connectivity index (χ1n) is 7.79. The molecule has 2 saturated heterocycles. The largest absolute Gasteiger partial charge is 0.375 e. The molecule has 0 amide bonds. The molecule has 0 aromatic carbocycles. The van der Waals surface area contributed by atoms with Crippen molar-refractivity contribution in [3.05, 3.63) is 16.4 Å². The number of nitrogens with zero attached hydrogens (tertiary/aromatic N) is 2. The highest BCUT2D eigenvalue weighted by molar-refractivity contribution is 6.31. The van der Waals surface area contributed by atoms with Gasteiger partial charge in [0.1, 0.15) is 0 Å². The van der Waals surface area contributed by atoms with Crippen molar-refractivity contribution in [1.82, 2.24) is 9.78 Å². The SMILES string of the molecule is CCc1nn(CC)c(CC(N)C2CC3CCC2O3)c1Cl. The minimum atomic E-state index is 0.120. The quantitative estimate of drug-likeness (QED) is 0.909. The van der Waals surface area contributed by atoms with Gasteiger partial charge in [-0.2, -0.15) is 5.10 Å². The van der Waals surface area contributed by atoms with Crippen molar-refractivity contribution in [3.8, 4) is 0 Å². The van der Waals surface area contributed by atoms with Crippen LogP contribution in [0.2, 0.25) is 5.02 Å². The third kappa shape index (κ3) is 2.38. The maximum absolute atomic E-state index is 6.47. The molecule has 2 fully saturated rings. The molecule has 2 aliphatic heterocycles. The number of aryl methyl sites for hydroxylation is 2. The monoisotopic (exact) mass is 297 g/mol. The van der Waals surface area contributed by atoms with Crippen molar-refractivity contribution >= 4 is 11.6 Å². The summed E-state index contributed by atoms with van der Waals surface area (Å²) < 4.78 is 7.93. The van der Waals surface area contributed by atoms with Gasteiger partial charge in [-0.25, -0.2) is 0 Å². The second-order valence-electron chi connectivity index (χ2n) is 6.02. The molecule has 3 heterocycles. The Kier molecular flexibility index (Phi) is 4.07. The van der Waals surface area contributed by atoms with E-state index in [0.717, 1.165) is 42.2 Å². The van der Waals surface area contributed by atoms with Gasteiger partial charge in [-0.05, 0) is 32.6 Å². The molecular weight excluding hydrogens is 274 g/mol. The van der Waals surface area contributed by atoms with E-state index in [0.29, 0.717) is 18.1 Å². The third-order valence-corrected chi connectivity index (χ3v) is 5.26. The van der Waals surface area contributed by atoms with E-state index in [9.17, 15) is 0 Å². The molecule has 0 spiro atoms. The molecule has 5 heteroatoms. The van der Waals surface area contributed by atoms with Crippen LogP contribution in [0.25, 0.3) is 0 Å². The summed E-state index contributed by atoms with van der Waals surface area (Å²) >= 11 is 6.47. The van der Waals surface area contributed by atoms with Crippen molar-refractivity contribution < 1.29 is 4.74 Å². The molecule has 4 atom stereocenters. The van der Waals surface area contributed by atoms with Crippen LogP contribution >= 0.6 is 11.6 Å². The number of ether oxygens (including phenoxy) is 1. The van der Waals surface area contributed by atoms with Gasteiger partial charge < -0.3 is 10.5 Å². The summed E-state index contributed by atoms with van der Waals surface area (Å²) in [6.07, 6.45) is 5.99. The third-order valence-electron chi connectivity index (χ3n) is 4.83. The number of hydrogen-bond acceptors (Lipinski definition) is 3. The van der Waals surface area contributed by atoms with Crippen LogP contribution in [0.4, 0.5) is 0 Å². The highest BCUT2D eigenvalue weighted by Gasteiger charge is 2.43. The summed E-state index contributed by atoms with van der Waals surface area (Å²) in [6, 6.07) is 0.120. The summed E-state index contributed by atoms with van der Waals surface area (Å²) in [5.74, 6) is 0.482. The van der Waals surface area contributed by atoms with Crippen molar-refractivity contribution in [2.75, 3.05) is 0 Å². The fraction of sp³-hybridized carbons (Fsp3) is 0.800. The van der Waals surface area contributed by atoms with Gasteiger partial charge in [0.05, 0.1) is 28.6 Å². The average Bonchev–Trinajstić information content (AvgIpc) is 3.14. The summed E-state index contributed by atoms with van der Waals surface area (Å²) in [5.41, 5.74) is 8.55. The smallest absolute Gasteiger partial charge is 0.0850 e. The number of rotatable bonds is 5. The van der Waals surface area contributed by atoms with Crippen molar-refractivity contribution in [1.29, 1.82) is 0 Å². The number of fused-ring (bicyclic) bond motifs is 2. The van der Waals surface area contributed by atoms with E-state index in [-0.39, 0.29) is 6.04 Å². The second-order valence-corrected chi connectivity index (χ2v) is 6.40. The highest BCUT2D eigenvalue weighted by atomic mass is 35.5. The van der Waals surface area contributed by atoms with Gasteiger partial charge in [0.25, 0.3) is 0 Å². The van der Waals surface area contributed by atoms with Crippen LogP contribution in [0.3, 0.4) is 0 Å². The van der Waals surface area contributed by atoms with Crippen molar-refractivity contribution in [3.63, 3.8) is 0 Å². The zero-order chi connectivity index (χ0) is 14.3. The maximum Gasteiger partial charge on any atom is 0.0850 e. The number of halogens is 1. The molecule has 2 N–H and O–H groups in total. The summed E-state index contributed by atoms with van der Waals surface area (Å²) in [5, 5.41) is 5.39. The average molecular weight is 298 g/mol. The Bertz CT molecular complexity index is 488. The van der Waals surface area contributed by atoms with Crippen LogP contribution in [-0.2, 0) is 24.1 Å². The lowest BCUT2D eigenvalue weighted by atomic mass is 9.82. The van der Waals surface area contributed by atoms with Gasteiger partial charge in [0.2, 0.25) is 0 Å². The molecule has 0 radical (unpaired) electrons.